The maximum Gasteiger partial charge on any atom is 0.0853 e. The number of aliphatic hydroxyl groups excluding tert-OH is 1. The molecule has 19 heavy (non-hydrogen) atoms. The van der Waals surface area contributed by atoms with E-state index in [0.29, 0.717) is 0 Å². The Kier molecular flexibility index (Phi) is 6.02. The Hall–Kier alpha value is -0.860. The Bertz CT molecular complexity index is 359. The van der Waals surface area contributed by atoms with Crippen molar-refractivity contribution in [3.8, 4) is 0 Å². The highest BCUT2D eigenvalue weighted by Gasteiger charge is 2.30. The van der Waals surface area contributed by atoms with Crippen LogP contribution in [0, 0.1) is 11.3 Å². The van der Waals surface area contributed by atoms with Crippen molar-refractivity contribution in [2.75, 3.05) is 20.1 Å². The molecule has 0 radical (unpaired) electrons. The Morgan fingerprint density at radius 1 is 1.16 bits per heavy atom. The maximum atomic E-state index is 10.5. The molecule has 0 aliphatic rings. The van der Waals surface area contributed by atoms with Crippen LogP contribution in [0.3, 0.4) is 0 Å². The molecule has 108 valence electrons. The number of hydrogen-bond donors (Lipinski definition) is 1. The summed E-state index contributed by atoms with van der Waals surface area (Å²) >= 11 is 0. The van der Waals surface area contributed by atoms with E-state index < -0.39 is 6.10 Å². The third kappa shape index (κ3) is 5.33. The fraction of sp³-hybridized carbons (Fsp3) is 0.647. The zero-order valence-corrected chi connectivity index (χ0v) is 13.1. The van der Waals surface area contributed by atoms with Crippen molar-refractivity contribution in [1.29, 1.82) is 0 Å². The van der Waals surface area contributed by atoms with Gasteiger partial charge in [0.05, 0.1) is 6.10 Å². The lowest BCUT2D eigenvalue weighted by Crippen LogP contribution is -2.36. The van der Waals surface area contributed by atoms with Gasteiger partial charge in [0, 0.05) is 12.0 Å². The zero-order valence-electron chi connectivity index (χ0n) is 13.1. The molecule has 0 heterocycles. The smallest absolute Gasteiger partial charge is 0.0853 e. The number of hydrogen-bond acceptors (Lipinski definition) is 2. The lowest BCUT2D eigenvalue weighted by Gasteiger charge is -2.35. The Morgan fingerprint density at radius 3 is 2.26 bits per heavy atom. The number of rotatable bonds is 7. The molecule has 0 spiro atoms. The minimum absolute atomic E-state index is 0.146. The van der Waals surface area contributed by atoms with Gasteiger partial charge in [-0.15, -0.1) is 0 Å². The second-order valence-electron chi connectivity index (χ2n) is 6.72. The molecule has 1 aromatic carbocycles. The van der Waals surface area contributed by atoms with E-state index >= 15 is 0 Å². The molecular formula is C17H29NO. The second-order valence-corrected chi connectivity index (χ2v) is 6.72. The zero-order chi connectivity index (χ0) is 14.5. The predicted octanol–water partition coefficient (Wildman–Crippen LogP) is 3.72. The fourth-order valence-electron chi connectivity index (χ4n) is 2.43. The van der Waals surface area contributed by atoms with Gasteiger partial charge in [-0.05, 0) is 31.5 Å². The standard InChI is InChI=1S/C17H29NO/c1-14(2)11-12-18(5)13-17(3,4)16(19)15-9-7-6-8-10-15/h6-10,14,16,19H,11-13H2,1-5H3. The molecule has 0 aliphatic heterocycles. The van der Waals surface area contributed by atoms with Gasteiger partial charge in [0.2, 0.25) is 0 Å². The molecule has 1 rings (SSSR count). The summed E-state index contributed by atoms with van der Waals surface area (Å²) in [6.45, 7) is 10.8. The van der Waals surface area contributed by atoms with Gasteiger partial charge in [-0.3, -0.25) is 0 Å². The van der Waals surface area contributed by atoms with Crippen LogP contribution >= 0.6 is 0 Å². The monoisotopic (exact) mass is 263 g/mol. The lowest BCUT2D eigenvalue weighted by atomic mass is 9.82. The normalized spacial score (nSPS) is 14.1. The number of benzene rings is 1. The Labute approximate surface area is 118 Å². The molecule has 1 N–H and O–H groups in total. The summed E-state index contributed by atoms with van der Waals surface area (Å²) in [5.41, 5.74) is 0.859. The quantitative estimate of drug-likeness (QED) is 0.810. The molecule has 0 fully saturated rings. The number of aliphatic hydroxyl groups is 1. The van der Waals surface area contributed by atoms with Crippen molar-refractivity contribution >= 4 is 0 Å². The molecule has 0 aliphatic carbocycles. The Balaban J connectivity index is 2.59. The van der Waals surface area contributed by atoms with Gasteiger partial charge < -0.3 is 10.0 Å². The van der Waals surface area contributed by atoms with E-state index in [4.69, 9.17) is 0 Å². The van der Waals surface area contributed by atoms with E-state index in [0.717, 1.165) is 24.6 Å². The minimum Gasteiger partial charge on any atom is -0.388 e. The van der Waals surface area contributed by atoms with E-state index in [1.165, 1.54) is 6.42 Å². The van der Waals surface area contributed by atoms with Crippen LogP contribution in [-0.4, -0.2) is 30.1 Å². The topological polar surface area (TPSA) is 23.5 Å². The van der Waals surface area contributed by atoms with Gasteiger partial charge in [0.25, 0.3) is 0 Å². The van der Waals surface area contributed by atoms with Crippen LogP contribution in [0.4, 0.5) is 0 Å². The van der Waals surface area contributed by atoms with E-state index in [-0.39, 0.29) is 5.41 Å². The van der Waals surface area contributed by atoms with Crippen LogP contribution in [0.2, 0.25) is 0 Å². The van der Waals surface area contributed by atoms with Crippen LogP contribution in [0.1, 0.15) is 45.8 Å². The van der Waals surface area contributed by atoms with Crippen LogP contribution in [-0.2, 0) is 0 Å². The van der Waals surface area contributed by atoms with Gasteiger partial charge in [0.15, 0.2) is 0 Å². The van der Waals surface area contributed by atoms with E-state index in [9.17, 15) is 5.11 Å². The first-order valence-electron chi connectivity index (χ1n) is 7.24. The van der Waals surface area contributed by atoms with Crippen molar-refractivity contribution in [2.24, 2.45) is 11.3 Å². The third-order valence-corrected chi connectivity index (χ3v) is 3.62. The summed E-state index contributed by atoms with van der Waals surface area (Å²) in [6.07, 6.45) is 0.781. The van der Waals surface area contributed by atoms with Gasteiger partial charge in [-0.1, -0.05) is 58.0 Å². The maximum absolute atomic E-state index is 10.5. The summed E-state index contributed by atoms with van der Waals surface area (Å²) < 4.78 is 0. The van der Waals surface area contributed by atoms with Crippen molar-refractivity contribution in [3.63, 3.8) is 0 Å². The van der Waals surface area contributed by atoms with Crippen LogP contribution < -0.4 is 0 Å². The van der Waals surface area contributed by atoms with Crippen LogP contribution in [0.15, 0.2) is 30.3 Å². The minimum atomic E-state index is -0.421. The molecule has 0 saturated heterocycles. The molecule has 0 aromatic heterocycles. The lowest BCUT2D eigenvalue weighted by molar-refractivity contribution is 0.0252. The van der Waals surface area contributed by atoms with Crippen LogP contribution in [0.25, 0.3) is 0 Å². The molecule has 2 nitrogen and oxygen atoms in total. The highest BCUT2D eigenvalue weighted by atomic mass is 16.3. The van der Waals surface area contributed by atoms with Gasteiger partial charge >= 0.3 is 0 Å². The summed E-state index contributed by atoms with van der Waals surface area (Å²) in [5.74, 6) is 0.726. The summed E-state index contributed by atoms with van der Waals surface area (Å²) in [4.78, 5) is 2.33. The fourth-order valence-corrected chi connectivity index (χ4v) is 2.43. The Morgan fingerprint density at radius 2 is 1.74 bits per heavy atom. The highest BCUT2D eigenvalue weighted by molar-refractivity contribution is 5.19. The highest BCUT2D eigenvalue weighted by Crippen LogP contribution is 2.33. The van der Waals surface area contributed by atoms with Crippen molar-refractivity contribution in [2.45, 2.75) is 40.2 Å². The first-order valence-corrected chi connectivity index (χ1v) is 7.24. The van der Waals surface area contributed by atoms with E-state index in [2.05, 4.69) is 39.6 Å². The largest absolute Gasteiger partial charge is 0.388 e. The first-order chi connectivity index (χ1) is 8.83. The first kappa shape index (κ1) is 16.2. The molecule has 1 aromatic rings. The van der Waals surface area contributed by atoms with Gasteiger partial charge in [-0.2, -0.15) is 0 Å². The summed E-state index contributed by atoms with van der Waals surface area (Å²) in [7, 11) is 2.14. The van der Waals surface area contributed by atoms with Crippen LogP contribution in [0.5, 0.6) is 0 Å². The predicted molar refractivity (Wildman–Crippen MR) is 82.1 cm³/mol. The van der Waals surface area contributed by atoms with Crippen molar-refractivity contribution in [1.82, 2.24) is 4.90 Å². The molecule has 1 atom stereocenters. The molecule has 2 heteroatoms. The molecular weight excluding hydrogens is 234 g/mol. The SMILES string of the molecule is CC(C)CCN(C)CC(C)(C)C(O)c1ccccc1. The molecule has 0 saturated carbocycles. The number of nitrogens with zero attached hydrogens (tertiary/aromatic N) is 1. The summed E-state index contributed by atoms with van der Waals surface area (Å²) in [6, 6.07) is 9.95. The van der Waals surface area contributed by atoms with E-state index in [1.54, 1.807) is 0 Å². The van der Waals surface area contributed by atoms with E-state index in [1.807, 2.05) is 30.3 Å². The van der Waals surface area contributed by atoms with Crippen molar-refractivity contribution < 1.29 is 5.11 Å². The third-order valence-electron chi connectivity index (χ3n) is 3.62. The average molecular weight is 263 g/mol. The van der Waals surface area contributed by atoms with Gasteiger partial charge in [-0.25, -0.2) is 0 Å². The molecule has 0 amide bonds. The molecule has 1 unspecified atom stereocenters. The summed E-state index contributed by atoms with van der Waals surface area (Å²) in [5, 5.41) is 10.5. The second kappa shape index (κ2) is 7.06. The average Bonchev–Trinajstić information content (AvgIpc) is 2.36. The van der Waals surface area contributed by atoms with Crippen molar-refractivity contribution in [3.05, 3.63) is 35.9 Å². The van der Waals surface area contributed by atoms with Gasteiger partial charge in [0.1, 0.15) is 0 Å². The molecule has 0 bridgehead atoms.